The number of hydrogen-bond acceptors (Lipinski definition) is 2. The second-order valence-corrected chi connectivity index (χ2v) is 6.61. The van der Waals surface area contributed by atoms with Crippen LogP contribution in [0.1, 0.15) is 54.8 Å². The van der Waals surface area contributed by atoms with Crippen molar-refractivity contribution in [2.75, 3.05) is 0 Å². The highest BCUT2D eigenvalue weighted by molar-refractivity contribution is 7.15. The van der Waals surface area contributed by atoms with Crippen molar-refractivity contribution in [1.82, 2.24) is 4.98 Å². The molecule has 1 nitrogen and oxygen atoms in total. The Morgan fingerprint density at radius 3 is 2.74 bits per heavy atom. The minimum atomic E-state index is 0.701. The van der Waals surface area contributed by atoms with E-state index in [0.717, 1.165) is 6.42 Å². The fourth-order valence-electron chi connectivity index (χ4n) is 3.00. The number of aryl methyl sites for hydroxylation is 2. The van der Waals surface area contributed by atoms with Crippen LogP contribution in [-0.2, 0) is 6.42 Å². The maximum absolute atomic E-state index is 4.94. The molecule has 0 unspecified atom stereocenters. The average molecular weight is 271 g/mol. The average Bonchev–Trinajstić information content (AvgIpc) is 3.07. The van der Waals surface area contributed by atoms with Crippen LogP contribution in [0.5, 0.6) is 0 Å². The van der Waals surface area contributed by atoms with E-state index in [4.69, 9.17) is 4.98 Å². The zero-order chi connectivity index (χ0) is 13.2. The molecule has 0 bridgehead atoms. The maximum Gasteiger partial charge on any atom is 0.0932 e. The van der Waals surface area contributed by atoms with Gasteiger partial charge in [-0.05, 0) is 31.7 Å². The van der Waals surface area contributed by atoms with E-state index in [1.807, 2.05) is 11.3 Å². The van der Waals surface area contributed by atoms with Gasteiger partial charge in [-0.2, -0.15) is 0 Å². The molecule has 0 radical (unpaired) electrons. The molecule has 0 spiro atoms. The van der Waals surface area contributed by atoms with Crippen molar-refractivity contribution in [3.8, 4) is 10.4 Å². The van der Waals surface area contributed by atoms with Crippen molar-refractivity contribution < 1.29 is 0 Å². The summed E-state index contributed by atoms with van der Waals surface area (Å²) in [4.78, 5) is 6.36. The highest BCUT2D eigenvalue weighted by Gasteiger charge is 2.24. The Morgan fingerprint density at radius 2 is 2.05 bits per heavy atom. The summed E-state index contributed by atoms with van der Waals surface area (Å²) in [6.07, 6.45) is 6.45. The highest BCUT2D eigenvalue weighted by Crippen LogP contribution is 2.41. The van der Waals surface area contributed by atoms with Gasteiger partial charge in [0.1, 0.15) is 0 Å². The van der Waals surface area contributed by atoms with Crippen LogP contribution in [0, 0.1) is 6.92 Å². The van der Waals surface area contributed by atoms with E-state index in [2.05, 4.69) is 38.1 Å². The lowest BCUT2D eigenvalue weighted by molar-refractivity contribution is 0.701. The van der Waals surface area contributed by atoms with Gasteiger partial charge in [0.25, 0.3) is 0 Å². The molecule has 0 aliphatic heterocycles. The normalized spacial score (nSPS) is 16.1. The first-order valence-corrected chi connectivity index (χ1v) is 8.16. The summed E-state index contributed by atoms with van der Waals surface area (Å²) in [5.41, 5.74) is 4.07. The number of thiazole rings is 1. The highest BCUT2D eigenvalue weighted by atomic mass is 32.1. The third-order valence-corrected chi connectivity index (χ3v) is 5.29. The number of hydrogen-bond donors (Lipinski definition) is 0. The molecule has 1 saturated carbocycles. The Hall–Kier alpha value is -1.15. The molecular weight excluding hydrogens is 250 g/mol. The Kier molecular flexibility index (Phi) is 3.69. The summed E-state index contributed by atoms with van der Waals surface area (Å²) in [5, 5.41) is 1.29. The van der Waals surface area contributed by atoms with Crippen molar-refractivity contribution in [2.45, 2.75) is 51.9 Å². The van der Waals surface area contributed by atoms with Crippen LogP contribution < -0.4 is 0 Å². The van der Waals surface area contributed by atoms with Crippen LogP contribution in [0.15, 0.2) is 24.3 Å². The Morgan fingerprint density at radius 1 is 1.26 bits per heavy atom. The summed E-state index contributed by atoms with van der Waals surface area (Å²) in [6.45, 7) is 4.37. The van der Waals surface area contributed by atoms with Gasteiger partial charge in [0, 0.05) is 5.92 Å². The Labute approximate surface area is 119 Å². The van der Waals surface area contributed by atoms with Crippen molar-refractivity contribution in [2.24, 2.45) is 0 Å². The molecule has 1 aliphatic carbocycles. The lowest BCUT2D eigenvalue weighted by Crippen LogP contribution is -1.95. The van der Waals surface area contributed by atoms with Crippen LogP contribution in [0.3, 0.4) is 0 Å². The van der Waals surface area contributed by atoms with E-state index in [-0.39, 0.29) is 0 Å². The lowest BCUT2D eigenvalue weighted by Gasteiger charge is -2.09. The maximum atomic E-state index is 4.94. The third-order valence-electron chi connectivity index (χ3n) is 4.02. The predicted octanol–water partition coefficient (Wildman–Crippen LogP) is 5.34. The molecular formula is C17H21NS. The van der Waals surface area contributed by atoms with E-state index < -0.39 is 0 Å². The molecule has 0 saturated heterocycles. The Bertz CT molecular complexity index is 564. The van der Waals surface area contributed by atoms with E-state index in [9.17, 15) is 0 Å². The number of nitrogens with zero attached hydrogens (tertiary/aromatic N) is 1. The molecule has 1 aromatic heterocycles. The van der Waals surface area contributed by atoms with Crippen LogP contribution >= 0.6 is 11.3 Å². The molecule has 19 heavy (non-hydrogen) atoms. The summed E-state index contributed by atoms with van der Waals surface area (Å²) < 4.78 is 0. The van der Waals surface area contributed by atoms with Crippen molar-refractivity contribution in [3.05, 3.63) is 40.5 Å². The van der Waals surface area contributed by atoms with Crippen LogP contribution in [-0.4, -0.2) is 4.98 Å². The number of rotatable bonds is 3. The fraction of sp³-hybridized carbons (Fsp3) is 0.471. The van der Waals surface area contributed by atoms with Gasteiger partial charge >= 0.3 is 0 Å². The lowest BCUT2D eigenvalue weighted by atomic mass is 9.99. The van der Waals surface area contributed by atoms with Crippen LogP contribution in [0.4, 0.5) is 0 Å². The van der Waals surface area contributed by atoms with Crippen LogP contribution in [0.25, 0.3) is 10.4 Å². The van der Waals surface area contributed by atoms with Gasteiger partial charge in [0.15, 0.2) is 0 Å². The van der Waals surface area contributed by atoms with Gasteiger partial charge in [0.05, 0.1) is 15.6 Å². The minimum absolute atomic E-state index is 0.701. The van der Waals surface area contributed by atoms with E-state index in [1.165, 1.54) is 52.4 Å². The number of benzene rings is 1. The second-order valence-electron chi connectivity index (χ2n) is 5.53. The quantitative estimate of drug-likeness (QED) is 0.734. The number of aromatic nitrogens is 1. The van der Waals surface area contributed by atoms with Crippen molar-refractivity contribution in [1.29, 1.82) is 0 Å². The van der Waals surface area contributed by atoms with Gasteiger partial charge in [-0.25, -0.2) is 4.98 Å². The minimum Gasteiger partial charge on any atom is -0.245 e. The first kappa shape index (κ1) is 12.9. The topological polar surface area (TPSA) is 12.9 Å². The molecule has 0 N–H and O–H groups in total. The molecule has 3 rings (SSSR count). The standard InChI is InChI=1S/C17H21NS/c1-3-15-18-16(13-8-4-5-9-13)17(19-15)14-10-6-7-12(2)11-14/h6-7,10-11,13H,3-5,8-9H2,1-2H3. The van der Waals surface area contributed by atoms with Crippen LogP contribution in [0.2, 0.25) is 0 Å². The molecule has 1 heterocycles. The van der Waals surface area contributed by atoms with Gasteiger partial charge in [-0.1, -0.05) is 49.6 Å². The van der Waals surface area contributed by atoms with Gasteiger partial charge in [-0.15, -0.1) is 11.3 Å². The molecule has 1 aromatic carbocycles. The van der Waals surface area contributed by atoms with Crippen molar-refractivity contribution >= 4 is 11.3 Å². The van der Waals surface area contributed by atoms with Gasteiger partial charge in [0.2, 0.25) is 0 Å². The third kappa shape index (κ3) is 2.59. The smallest absolute Gasteiger partial charge is 0.0932 e. The summed E-state index contributed by atoms with van der Waals surface area (Å²) in [7, 11) is 0. The molecule has 2 heteroatoms. The first-order valence-electron chi connectivity index (χ1n) is 7.34. The summed E-state index contributed by atoms with van der Waals surface area (Å²) in [5.74, 6) is 0.701. The molecule has 1 aliphatic rings. The van der Waals surface area contributed by atoms with E-state index >= 15 is 0 Å². The first-order chi connectivity index (χ1) is 9.28. The SMILES string of the molecule is CCc1nc(C2CCCC2)c(-c2cccc(C)c2)s1. The molecule has 2 aromatic rings. The molecule has 100 valence electrons. The zero-order valence-electron chi connectivity index (χ0n) is 11.8. The molecule has 0 amide bonds. The summed E-state index contributed by atoms with van der Waals surface area (Å²) in [6, 6.07) is 8.86. The van der Waals surface area contributed by atoms with Gasteiger partial charge < -0.3 is 0 Å². The predicted molar refractivity (Wildman–Crippen MR) is 82.9 cm³/mol. The Balaban J connectivity index is 2.05. The molecule has 1 fully saturated rings. The fourth-order valence-corrected chi connectivity index (χ4v) is 4.08. The van der Waals surface area contributed by atoms with E-state index in [0.29, 0.717) is 5.92 Å². The zero-order valence-corrected chi connectivity index (χ0v) is 12.6. The van der Waals surface area contributed by atoms with E-state index in [1.54, 1.807) is 0 Å². The largest absolute Gasteiger partial charge is 0.245 e. The monoisotopic (exact) mass is 271 g/mol. The molecule has 0 atom stereocenters. The van der Waals surface area contributed by atoms with Crippen molar-refractivity contribution in [3.63, 3.8) is 0 Å². The van der Waals surface area contributed by atoms with Gasteiger partial charge in [-0.3, -0.25) is 0 Å². The second kappa shape index (κ2) is 5.46. The summed E-state index contributed by atoms with van der Waals surface area (Å²) >= 11 is 1.90.